The second-order valence-electron chi connectivity index (χ2n) is 5.23. The molecule has 0 radical (unpaired) electrons. The average Bonchev–Trinajstić information content (AvgIpc) is 2.58. The minimum atomic E-state index is -0.756. The van der Waals surface area contributed by atoms with Crippen molar-refractivity contribution < 1.29 is 19.4 Å². The maximum Gasteiger partial charge on any atom is 0.342 e. The summed E-state index contributed by atoms with van der Waals surface area (Å²) in [6.07, 6.45) is 0. The second kappa shape index (κ2) is 6.72. The molecule has 0 fully saturated rings. The van der Waals surface area contributed by atoms with Crippen molar-refractivity contribution in [3.05, 3.63) is 76.8 Å². The molecule has 120 valence electrons. The maximum atomic E-state index is 12.2. The molecule has 0 saturated heterocycles. The van der Waals surface area contributed by atoms with Gasteiger partial charge in [0.15, 0.2) is 12.4 Å². The lowest BCUT2D eigenvalue weighted by Crippen LogP contribution is -2.14. The monoisotopic (exact) mass is 340 g/mol. The van der Waals surface area contributed by atoms with E-state index >= 15 is 0 Å². The highest BCUT2D eigenvalue weighted by Gasteiger charge is 2.16. The number of phenols is 1. The molecule has 0 aliphatic heterocycles. The third-order valence-corrected chi connectivity index (χ3v) is 3.80. The summed E-state index contributed by atoms with van der Waals surface area (Å²) in [5.41, 5.74) is 0.380. The molecule has 0 aromatic heterocycles. The quantitative estimate of drug-likeness (QED) is 0.570. The number of carbonyl (C=O) groups is 2. The first kappa shape index (κ1) is 16.0. The van der Waals surface area contributed by atoms with Crippen LogP contribution in [0.15, 0.2) is 60.7 Å². The van der Waals surface area contributed by atoms with Crippen molar-refractivity contribution in [1.82, 2.24) is 0 Å². The van der Waals surface area contributed by atoms with Gasteiger partial charge in [-0.05, 0) is 35.0 Å². The molecule has 0 atom stereocenters. The Morgan fingerprint density at radius 2 is 1.67 bits per heavy atom. The van der Waals surface area contributed by atoms with Gasteiger partial charge in [-0.25, -0.2) is 4.79 Å². The lowest BCUT2D eigenvalue weighted by Gasteiger charge is -2.08. The summed E-state index contributed by atoms with van der Waals surface area (Å²) in [6.45, 7) is -0.425. The molecule has 1 N–H and O–H groups in total. The van der Waals surface area contributed by atoms with Crippen LogP contribution in [0.3, 0.4) is 0 Å². The Kier molecular flexibility index (Phi) is 4.49. The van der Waals surface area contributed by atoms with E-state index in [-0.39, 0.29) is 17.1 Å². The summed E-state index contributed by atoms with van der Waals surface area (Å²) in [4.78, 5) is 24.2. The highest BCUT2D eigenvalue weighted by molar-refractivity contribution is 6.31. The fourth-order valence-electron chi connectivity index (χ4n) is 2.35. The summed E-state index contributed by atoms with van der Waals surface area (Å²) in [6, 6.07) is 16.7. The zero-order valence-corrected chi connectivity index (χ0v) is 13.3. The van der Waals surface area contributed by atoms with Crippen molar-refractivity contribution in [1.29, 1.82) is 0 Å². The van der Waals surface area contributed by atoms with E-state index in [9.17, 15) is 14.7 Å². The van der Waals surface area contributed by atoms with Crippen molar-refractivity contribution in [3.8, 4) is 5.75 Å². The first-order valence-corrected chi connectivity index (χ1v) is 7.60. The van der Waals surface area contributed by atoms with Crippen molar-refractivity contribution in [2.24, 2.45) is 0 Å². The molecule has 0 heterocycles. The third kappa shape index (κ3) is 3.39. The Balaban J connectivity index is 1.75. The Labute approximate surface area is 143 Å². The van der Waals surface area contributed by atoms with E-state index in [1.165, 1.54) is 18.2 Å². The summed E-state index contributed by atoms with van der Waals surface area (Å²) < 4.78 is 5.02. The molecule has 0 bridgehead atoms. The predicted octanol–water partition coefficient (Wildman–Crippen LogP) is 4.24. The first-order chi connectivity index (χ1) is 11.5. The number of carbonyl (C=O) groups excluding carboxylic acids is 2. The van der Waals surface area contributed by atoms with Crippen molar-refractivity contribution in [2.45, 2.75) is 0 Å². The predicted molar refractivity (Wildman–Crippen MR) is 91.7 cm³/mol. The molecule has 4 nitrogen and oxygen atoms in total. The summed E-state index contributed by atoms with van der Waals surface area (Å²) >= 11 is 5.83. The first-order valence-electron chi connectivity index (χ1n) is 7.22. The van der Waals surface area contributed by atoms with Gasteiger partial charge in [0.1, 0.15) is 11.3 Å². The van der Waals surface area contributed by atoms with E-state index in [2.05, 4.69) is 0 Å². The Bertz CT molecular complexity index is 934. The molecule has 3 rings (SSSR count). The van der Waals surface area contributed by atoms with Gasteiger partial charge in [0.25, 0.3) is 0 Å². The Morgan fingerprint density at radius 1 is 0.958 bits per heavy atom. The third-order valence-electron chi connectivity index (χ3n) is 3.56. The highest BCUT2D eigenvalue weighted by atomic mass is 35.5. The van der Waals surface area contributed by atoms with Gasteiger partial charge in [-0.1, -0.05) is 48.0 Å². The van der Waals surface area contributed by atoms with Gasteiger partial charge in [0.2, 0.25) is 0 Å². The SMILES string of the molecule is O=C(COC(=O)c1cc2ccccc2cc1O)c1cccc(Cl)c1. The number of fused-ring (bicyclic) bond motifs is 1. The molecular weight excluding hydrogens is 328 g/mol. The number of ether oxygens (including phenoxy) is 1. The smallest absolute Gasteiger partial charge is 0.342 e. The molecule has 0 unspecified atom stereocenters. The summed E-state index contributed by atoms with van der Waals surface area (Å²) in [7, 11) is 0. The average molecular weight is 341 g/mol. The molecule has 0 aliphatic rings. The number of benzene rings is 3. The van der Waals surface area contributed by atoms with Gasteiger partial charge < -0.3 is 9.84 Å². The lowest BCUT2D eigenvalue weighted by atomic mass is 10.1. The van der Waals surface area contributed by atoms with Crippen LogP contribution in [0.2, 0.25) is 5.02 Å². The lowest BCUT2D eigenvalue weighted by molar-refractivity contribution is 0.0472. The van der Waals surface area contributed by atoms with Crippen molar-refractivity contribution in [3.63, 3.8) is 0 Å². The number of phenolic OH excluding ortho intramolecular Hbond substituents is 1. The van der Waals surface area contributed by atoms with E-state index < -0.39 is 12.6 Å². The minimum Gasteiger partial charge on any atom is -0.507 e. The van der Waals surface area contributed by atoms with E-state index in [4.69, 9.17) is 16.3 Å². The van der Waals surface area contributed by atoms with Crippen LogP contribution < -0.4 is 0 Å². The molecule has 0 aliphatic carbocycles. The topological polar surface area (TPSA) is 63.6 Å². The van der Waals surface area contributed by atoms with Gasteiger partial charge in [0.05, 0.1) is 0 Å². The van der Waals surface area contributed by atoms with Crippen LogP contribution in [0.4, 0.5) is 0 Å². The normalized spacial score (nSPS) is 10.5. The standard InChI is InChI=1S/C19H13ClO4/c20-15-7-3-6-14(8-15)18(22)11-24-19(23)16-9-12-4-1-2-5-13(12)10-17(16)21/h1-10,21H,11H2. The van der Waals surface area contributed by atoms with Crippen LogP contribution in [-0.2, 0) is 4.74 Å². The Hall–Kier alpha value is -2.85. The van der Waals surface area contributed by atoms with Crippen LogP contribution in [-0.4, -0.2) is 23.5 Å². The van der Waals surface area contributed by atoms with Crippen LogP contribution in [0, 0.1) is 0 Å². The van der Waals surface area contributed by atoms with Crippen LogP contribution in [0.25, 0.3) is 10.8 Å². The van der Waals surface area contributed by atoms with Crippen LogP contribution in [0.5, 0.6) is 5.75 Å². The van der Waals surface area contributed by atoms with Gasteiger partial charge >= 0.3 is 5.97 Å². The molecular formula is C19H13ClO4. The largest absolute Gasteiger partial charge is 0.507 e. The zero-order valence-electron chi connectivity index (χ0n) is 12.5. The number of esters is 1. The molecule has 0 saturated carbocycles. The van der Waals surface area contributed by atoms with Crippen molar-refractivity contribution in [2.75, 3.05) is 6.61 Å². The number of ketones is 1. The highest BCUT2D eigenvalue weighted by Crippen LogP contribution is 2.25. The van der Waals surface area contributed by atoms with Gasteiger partial charge in [0, 0.05) is 10.6 Å². The van der Waals surface area contributed by atoms with Crippen LogP contribution in [0.1, 0.15) is 20.7 Å². The van der Waals surface area contributed by atoms with Gasteiger partial charge in [-0.3, -0.25) is 4.79 Å². The fourth-order valence-corrected chi connectivity index (χ4v) is 2.54. The zero-order chi connectivity index (χ0) is 17.1. The second-order valence-corrected chi connectivity index (χ2v) is 5.66. The maximum absolute atomic E-state index is 12.2. The summed E-state index contributed by atoms with van der Waals surface area (Å²) in [5.74, 6) is -1.31. The summed E-state index contributed by atoms with van der Waals surface area (Å²) in [5, 5.41) is 12.0. The molecule has 24 heavy (non-hydrogen) atoms. The molecule has 0 spiro atoms. The number of aromatic hydroxyl groups is 1. The fraction of sp³-hybridized carbons (Fsp3) is 0.0526. The number of halogens is 1. The number of Topliss-reactive ketones (excluding diaryl/α,β-unsaturated/α-hetero) is 1. The van der Waals surface area contributed by atoms with E-state index in [1.54, 1.807) is 18.2 Å². The minimum absolute atomic E-state index is 0.0209. The van der Waals surface area contributed by atoms with Crippen LogP contribution >= 0.6 is 11.6 Å². The van der Waals surface area contributed by atoms with E-state index in [1.807, 2.05) is 24.3 Å². The van der Waals surface area contributed by atoms with E-state index in [0.717, 1.165) is 10.8 Å². The molecule has 5 heteroatoms. The molecule has 3 aromatic rings. The molecule has 0 amide bonds. The van der Waals surface area contributed by atoms with Crippen molar-refractivity contribution >= 4 is 34.1 Å². The number of hydrogen-bond acceptors (Lipinski definition) is 4. The number of rotatable bonds is 4. The van der Waals surface area contributed by atoms with Gasteiger partial charge in [-0.15, -0.1) is 0 Å². The van der Waals surface area contributed by atoms with E-state index in [0.29, 0.717) is 10.6 Å². The number of hydrogen-bond donors (Lipinski definition) is 1. The Morgan fingerprint density at radius 3 is 2.38 bits per heavy atom. The van der Waals surface area contributed by atoms with Gasteiger partial charge in [-0.2, -0.15) is 0 Å². The molecule has 3 aromatic carbocycles.